The Kier molecular flexibility index (Phi) is 11.8. The van der Waals surface area contributed by atoms with Gasteiger partial charge in [-0.05, 0) is 74.7 Å². The van der Waals surface area contributed by atoms with Gasteiger partial charge in [0, 0.05) is 24.1 Å². The number of hydrazone groups is 1. The minimum atomic E-state index is -0.368. The molecule has 40 heavy (non-hydrogen) atoms. The number of amides is 2. The second-order valence-electron chi connectivity index (χ2n) is 9.01. The van der Waals surface area contributed by atoms with Gasteiger partial charge in [0.2, 0.25) is 11.8 Å². The molecule has 0 fully saturated rings. The van der Waals surface area contributed by atoms with Crippen molar-refractivity contribution in [1.29, 1.82) is 0 Å². The third kappa shape index (κ3) is 9.62. The predicted molar refractivity (Wildman–Crippen MR) is 158 cm³/mol. The van der Waals surface area contributed by atoms with Crippen LogP contribution in [0.5, 0.6) is 17.2 Å². The summed E-state index contributed by atoms with van der Waals surface area (Å²) in [4.78, 5) is 24.5. The zero-order chi connectivity index (χ0) is 28.7. The summed E-state index contributed by atoms with van der Waals surface area (Å²) < 4.78 is 17.4. The van der Waals surface area contributed by atoms with Gasteiger partial charge >= 0.3 is 0 Å². The van der Waals surface area contributed by atoms with Crippen LogP contribution in [0.1, 0.15) is 48.9 Å². The maximum atomic E-state index is 12.3. The molecule has 0 radical (unpaired) electrons. The fourth-order valence-electron chi connectivity index (χ4n) is 3.82. The van der Waals surface area contributed by atoms with Gasteiger partial charge in [0.1, 0.15) is 12.4 Å². The fourth-order valence-corrected chi connectivity index (χ4v) is 3.82. The number of allylic oxidation sites excluding steroid dienone is 1. The highest BCUT2D eigenvalue weighted by molar-refractivity contribution is 5.93. The van der Waals surface area contributed by atoms with Gasteiger partial charge in [-0.25, -0.2) is 5.43 Å². The third-order valence-corrected chi connectivity index (χ3v) is 5.75. The van der Waals surface area contributed by atoms with Crippen LogP contribution < -0.4 is 25.0 Å². The Labute approximate surface area is 236 Å². The lowest BCUT2D eigenvalue weighted by Crippen LogP contribution is -2.20. The molecule has 3 rings (SSSR count). The first-order chi connectivity index (χ1) is 19.4. The maximum Gasteiger partial charge on any atom is 0.240 e. The monoisotopic (exact) mass is 543 g/mol. The van der Waals surface area contributed by atoms with Crippen LogP contribution in [-0.2, 0) is 22.6 Å². The van der Waals surface area contributed by atoms with Crippen LogP contribution in [0.25, 0.3) is 0 Å². The number of carbonyl (C=O) groups excluding carboxylic acids is 2. The summed E-state index contributed by atoms with van der Waals surface area (Å²) in [6.45, 7) is 11.2. The Morgan fingerprint density at radius 3 is 2.27 bits per heavy atom. The zero-order valence-corrected chi connectivity index (χ0v) is 23.4. The van der Waals surface area contributed by atoms with Gasteiger partial charge in [-0.1, -0.05) is 35.9 Å². The summed E-state index contributed by atoms with van der Waals surface area (Å²) in [6, 6.07) is 19.0. The van der Waals surface area contributed by atoms with E-state index in [1.807, 2.05) is 45.0 Å². The highest BCUT2D eigenvalue weighted by Gasteiger charge is 2.14. The molecule has 0 aromatic heterocycles. The standard InChI is InChI=1S/C32H37N3O5/c1-5-8-26-19-25(20-29(39-7-3)32(26)40-22-24-11-9-23(4)10-12-24)21-33-35-31(37)18-17-30(36)34-27-13-15-28(16-14-27)38-6-2/h5,9-16,19-21H,1,6-8,17-18,22H2,2-4H3,(H,34,36)(H,35,37). The SMILES string of the molecule is C=CCc1cc(C=NNC(=O)CCC(=O)Nc2ccc(OCC)cc2)cc(OCC)c1OCc1ccc(C)cc1. The molecule has 2 amide bonds. The lowest BCUT2D eigenvalue weighted by atomic mass is 10.1. The molecule has 0 atom stereocenters. The van der Waals surface area contributed by atoms with Crippen LogP contribution in [0.2, 0.25) is 0 Å². The summed E-state index contributed by atoms with van der Waals surface area (Å²) in [5.41, 5.74) is 6.99. The summed E-state index contributed by atoms with van der Waals surface area (Å²) >= 11 is 0. The number of ether oxygens (including phenoxy) is 3. The molecule has 0 aliphatic rings. The van der Waals surface area contributed by atoms with E-state index >= 15 is 0 Å². The molecular weight excluding hydrogens is 506 g/mol. The van der Waals surface area contributed by atoms with Crippen LogP contribution in [0.3, 0.4) is 0 Å². The first kappa shape index (κ1) is 30.0. The van der Waals surface area contributed by atoms with Crippen LogP contribution in [-0.4, -0.2) is 31.2 Å². The van der Waals surface area contributed by atoms with Crippen molar-refractivity contribution in [1.82, 2.24) is 5.43 Å². The molecular formula is C32H37N3O5. The van der Waals surface area contributed by atoms with Crippen molar-refractivity contribution in [2.45, 2.75) is 46.6 Å². The zero-order valence-electron chi connectivity index (χ0n) is 23.4. The van der Waals surface area contributed by atoms with E-state index in [9.17, 15) is 9.59 Å². The summed E-state index contributed by atoms with van der Waals surface area (Å²) in [5, 5.41) is 6.84. The molecule has 0 saturated heterocycles. The quantitative estimate of drug-likeness (QED) is 0.140. The molecule has 0 saturated carbocycles. The highest BCUT2D eigenvalue weighted by atomic mass is 16.5. The Balaban J connectivity index is 1.58. The molecule has 0 unspecified atom stereocenters. The average Bonchev–Trinajstić information content (AvgIpc) is 2.94. The Morgan fingerprint density at radius 1 is 0.900 bits per heavy atom. The lowest BCUT2D eigenvalue weighted by Gasteiger charge is -2.17. The maximum absolute atomic E-state index is 12.3. The number of nitrogens with zero attached hydrogens (tertiary/aromatic N) is 1. The largest absolute Gasteiger partial charge is 0.494 e. The molecule has 8 heteroatoms. The van der Waals surface area contributed by atoms with Crippen LogP contribution in [0, 0.1) is 6.92 Å². The first-order valence-electron chi connectivity index (χ1n) is 13.3. The Morgan fingerprint density at radius 2 is 1.60 bits per heavy atom. The third-order valence-electron chi connectivity index (χ3n) is 5.75. The predicted octanol–water partition coefficient (Wildman–Crippen LogP) is 5.97. The number of hydrogen-bond acceptors (Lipinski definition) is 6. The van der Waals surface area contributed by atoms with E-state index in [1.165, 1.54) is 11.8 Å². The number of benzene rings is 3. The minimum absolute atomic E-state index is 0.00208. The van der Waals surface area contributed by atoms with Gasteiger partial charge in [-0.3, -0.25) is 9.59 Å². The van der Waals surface area contributed by atoms with Gasteiger partial charge in [0.05, 0.1) is 19.4 Å². The molecule has 0 heterocycles. The normalized spacial score (nSPS) is 10.7. The number of carbonyl (C=O) groups is 2. The van der Waals surface area contributed by atoms with Gasteiger partial charge in [0.15, 0.2) is 11.5 Å². The molecule has 0 aliphatic heterocycles. The average molecular weight is 544 g/mol. The van der Waals surface area contributed by atoms with Crippen molar-refractivity contribution in [3.8, 4) is 17.2 Å². The van der Waals surface area contributed by atoms with Crippen LogP contribution in [0.4, 0.5) is 5.69 Å². The summed E-state index contributed by atoms with van der Waals surface area (Å²) in [5.74, 6) is 1.34. The summed E-state index contributed by atoms with van der Waals surface area (Å²) in [7, 11) is 0. The van der Waals surface area contributed by atoms with Gasteiger partial charge < -0.3 is 19.5 Å². The number of rotatable bonds is 15. The second kappa shape index (κ2) is 15.7. The van der Waals surface area contributed by atoms with E-state index in [2.05, 4.69) is 34.6 Å². The topological polar surface area (TPSA) is 98.3 Å². The van der Waals surface area contributed by atoms with Crippen molar-refractivity contribution in [2.24, 2.45) is 5.10 Å². The number of aryl methyl sites for hydroxylation is 1. The van der Waals surface area contributed by atoms with Gasteiger partial charge in [-0.2, -0.15) is 5.10 Å². The molecule has 3 aromatic rings. The van der Waals surface area contributed by atoms with Gasteiger partial charge in [-0.15, -0.1) is 6.58 Å². The first-order valence-corrected chi connectivity index (χ1v) is 13.3. The summed E-state index contributed by atoms with van der Waals surface area (Å²) in [6.07, 6.45) is 3.93. The molecule has 210 valence electrons. The van der Waals surface area contributed by atoms with Gasteiger partial charge in [0.25, 0.3) is 0 Å². The van der Waals surface area contributed by atoms with Crippen LogP contribution >= 0.6 is 0 Å². The smallest absolute Gasteiger partial charge is 0.240 e. The van der Waals surface area contributed by atoms with Crippen molar-refractivity contribution < 1.29 is 23.8 Å². The van der Waals surface area contributed by atoms with E-state index in [0.717, 1.165) is 22.4 Å². The Bertz CT molecular complexity index is 1300. The fraction of sp³-hybridized carbons (Fsp3) is 0.281. The van der Waals surface area contributed by atoms with E-state index in [-0.39, 0.29) is 24.7 Å². The van der Waals surface area contributed by atoms with E-state index in [0.29, 0.717) is 43.4 Å². The molecule has 0 spiro atoms. The molecule has 0 aliphatic carbocycles. The van der Waals surface area contributed by atoms with Crippen LogP contribution in [0.15, 0.2) is 78.4 Å². The second-order valence-corrected chi connectivity index (χ2v) is 9.01. The highest BCUT2D eigenvalue weighted by Crippen LogP contribution is 2.34. The number of anilines is 1. The van der Waals surface area contributed by atoms with Crippen molar-refractivity contribution in [2.75, 3.05) is 18.5 Å². The molecule has 2 N–H and O–H groups in total. The lowest BCUT2D eigenvalue weighted by molar-refractivity contribution is -0.124. The van der Waals surface area contributed by atoms with Crippen molar-refractivity contribution in [3.05, 3.63) is 95.6 Å². The molecule has 0 bridgehead atoms. The number of hydrogen-bond donors (Lipinski definition) is 2. The minimum Gasteiger partial charge on any atom is -0.494 e. The van der Waals surface area contributed by atoms with Crippen molar-refractivity contribution in [3.63, 3.8) is 0 Å². The Hall–Kier alpha value is -4.59. The van der Waals surface area contributed by atoms with E-state index in [4.69, 9.17) is 14.2 Å². The number of nitrogens with one attached hydrogen (secondary N) is 2. The molecule has 3 aromatic carbocycles. The molecule has 8 nitrogen and oxygen atoms in total. The van der Waals surface area contributed by atoms with Crippen molar-refractivity contribution >= 4 is 23.7 Å². The van der Waals surface area contributed by atoms with E-state index < -0.39 is 0 Å². The van der Waals surface area contributed by atoms with E-state index in [1.54, 1.807) is 30.3 Å².